The Balaban J connectivity index is 1.50. The van der Waals surface area contributed by atoms with Crippen LogP contribution in [0.15, 0.2) is 30.3 Å². The average Bonchev–Trinajstić information content (AvgIpc) is 3.21. The predicted octanol–water partition coefficient (Wildman–Crippen LogP) is 2.53. The first-order valence-electron chi connectivity index (χ1n) is 10.9. The van der Waals surface area contributed by atoms with Gasteiger partial charge in [0, 0.05) is 63.8 Å². The fourth-order valence-corrected chi connectivity index (χ4v) is 4.38. The van der Waals surface area contributed by atoms with Crippen LogP contribution in [0.1, 0.15) is 42.6 Å². The number of hydrogen-bond donors (Lipinski definition) is 1. The molecule has 4 rings (SSSR count). The van der Waals surface area contributed by atoms with E-state index in [4.69, 9.17) is 9.72 Å². The molecule has 0 saturated carbocycles. The first-order valence-corrected chi connectivity index (χ1v) is 10.9. The van der Waals surface area contributed by atoms with Gasteiger partial charge in [0.2, 0.25) is 11.8 Å². The number of anilines is 2. The van der Waals surface area contributed by atoms with Gasteiger partial charge in [0.25, 0.3) is 0 Å². The Morgan fingerprint density at radius 2 is 1.91 bits per heavy atom. The van der Waals surface area contributed by atoms with Crippen molar-refractivity contribution in [3.63, 3.8) is 0 Å². The van der Waals surface area contributed by atoms with Crippen molar-refractivity contribution in [2.24, 2.45) is 0 Å². The lowest BCUT2D eigenvalue weighted by Crippen LogP contribution is -2.40. The van der Waals surface area contributed by atoms with Gasteiger partial charge in [-0.15, -0.1) is 0 Å². The van der Waals surface area contributed by atoms with Crippen molar-refractivity contribution >= 4 is 23.3 Å². The second-order valence-corrected chi connectivity index (χ2v) is 8.26. The van der Waals surface area contributed by atoms with E-state index in [1.54, 1.807) is 17.0 Å². The van der Waals surface area contributed by atoms with Crippen molar-refractivity contribution in [1.82, 2.24) is 14.9 Å². The lowest BCUT2D eigenvalue weighted by molar-refractivity contribution is -0.136. The highest BCUT2D eigenvalue weighted by Gasteiger charge is 2.34. The van der Waals surface area contributed by atoms with E-state index in [2.05, 4.69) is 10.3 Å². The third kappa shape index (κ3) is 4.72. The minimum Gasteiger partial charge on any atom is -0.375 e. The summed E-state index contributed by atoms with van der Waals surface area (Å²) in [5.41, 5.74) is 1.52. The van der Waals surface area contributed by atoms with E-state index < -0.39 is 0 Å². The Labute approximate surface area is 186 Å². The molecule has 0 aliphatic carbocycles. The van der Waals surface area contributed by atoms with Crippen molar-refractivity contribution in [3.05, 3.63) is 47.7 Å². The number of piperidine rings is 1. The van der Waals surface area contributed by atoms with E-state index in [1.807, 2.05) is 18.0 Å². The van der Waals surface area contributed by atoms with Crippen LogP contribution in [0.4, 0.5) is 15.9 Å². The number of aromatic nitrogens is 2. The third-order valence-corrected chi connectivity index (χ3v) is 6.18. The second kappa shape index (κ2) is 9.60. The van der Waals surface area contributed by atoms with Crippen LogP contribution in [-0.4, -0.2) is 67.1 Å². The smallest absolute Gasteiger partial charge is 0.248 e. The highest BCUT2D eigenvalue weighted by Crippen LogP contribution is 2.33. The average molecular weight is 442 g/mol. The summed E-state index contributed by atoms with van der Waals surface area (Å²) in [6.45, 7) is 1.89. The first kappa shape index (κ1) is 22.1. The van der Waals surface area contributed by atoms with Crippen LogP contribution in [0, 0.1) is 5.82 Å². The van der Waals surface area contributed by atoms with Crippen molar-refractivity contribution in [1.29, 1.82) is 0 Å². The van der Waals surface area contributed by atoms with Gasteiger partial charge < -0.3 is 19.9 Å². The van der Waals surface area contributed by atoms with Crippen LogP contribution in [0.25, 0.3) is 0 Å². The number of benzene rings is 1. The normalized spacial score (nSPS) is 19.5. The molecule has 1 N–H and O–H groups in total. The highest BCUT2D eigenvalue weighted by molar-refractivity contribution is 5.96. The van der Waals surface area contributed by atoms with Crippen molar-refractivity contribution in [2.75, 3.05) is 50.6 Å². The molecule has 8 nitrogen and oxygen atoms in total. The first-order chi connectivity index (χ1) is 15.5. The summed E-state index contributed by atoms with van der Waals surface area (Å²) in [6, 6.07) is 7.87. The van der Waals surface area contributed by atoms with Crippen LogP contribution < -0.4 is 10.2 Å². The fraction of sp³-hybridized carbons (Fsp3) is 0.478. The number of methoxy groups -OCH3 is 1. The molecule has 1 aromatic carbocycles. The van der Waals surface area contributed by atoms with E-state index >= 15 is 0 Å². The van der Waals surface area contributed by atoms with Crippen molar-refractivity contribution < 1.29 is 18.7 Å². The van der Waals surface area contributed by atoms with Gasteiger partial charge in [-0.2, -0.15) is 0 Å². The van der Waals surface area contributed by atoms with Gasteiger partial charge in [-0.25, -0.2) is 14.4 Å². The summed E-state index contributed by atoms with van der Waals surface area (Å²) >= 11 is 0. The van der Waals surface area contributed by atoms with Gasteiger partial charge in [0.05, 0.1) is 5.69 Å². The molecule has 2 aromatic rings. The van der Waals surface area contributed by atoms with Gasteiger partial charge in [-0.3, -0.25) is 9.59 Å². The molecule has 3 heterocycles. The molecule has 1 atom stereocenters. The van der Waals surface area contributed by atoms with Gasteiger partial charge in [0.15, 0.2) is 0 Å². The summed E-state index contributed by atoms with van der Waals surface area (Å²) in [7, 11) is 3.33. The molecule has 2 amide bonds. The van der Waals surface area contributed by atoms with Crippen LogP contribution in [0.3, 0.4) is 0 Å². The quantitative estimate of drug-likeness (QED) is 0.741. The summed E-state index contributed by atoms with van der Waals surface area (Å²) in [4.78, 5) is 37.8. The number of nitrogens with zero attached hydrogens (tertiary/aromatic N) is 4. The minimum absolute atomic E-state index is 0.00175. The number of hydrogen-bond acceptors (Lipinski definition) is 6. The lowest BCUT2D eigenvalue weighted by Gasteiger charge is -2.31. The van der Waals surface area contributed by atoms with Gasteiger partial charge in [-0.1, -0.05) is 0 Å². The molecule has 0 radical (unpaired) electrons. The summed E-state index contributed by atoms with van der Waals surface area (Å²) in [5, 5.41) is 3.10. The Bertz CT molecular complexity index is 976. The Kier molecular flexibility index (Phi) is 6.64. The molecule has 9 heteroatoms. The van der Waals surface area contributed by atoms with Gasteiger partial charge >= 0.3 is 0 Å². The van der Waals surface area contributed by atoms with E-state index in [1.165, 1.54) is 19.2 Å². The van der Waals surface area contributed by atoms with Crippen molar-refractivity contribution in [3.8, 4) is 0 Å². The maximum atomic E-state index is 13.3. The molecular weight excluding hydrogens is 413 g/mol. The number of carbonyl (C=O) groups is 2. The zero-order valence-electron chi connectivity index (χ0n) is 18.4. The Morgan fingerprint density at radius 3 is 2.56 bits per heavy atom. The number of nitrogens with one attached hydrogen (secondary N) is 1. The molecule has 2 saturated heterocycles. The highest BCUT2D eigenvalue weighted by atomic mass is 19.1. The molecule has 1 unspecified atom stereocenters. The molecule has 2 aliphatic rings. The molecule has 2 aliphatic heterocycles. The Morgan fingerprint density at radius 1 is 1.19 bits per heavy atom. The molecule has 0 bridgehead atoms. The minimum atomic E-state index is -0.328. The lowest BCUT2D eigenvalue weighted by atomic mass is 9.95. The zero-order valence-corrected chi connectivity index (χ0v) is 18.4. The summed E-state index contributed by atoms with van der Waals surface area (Å²) in [6.07, 6.45) is 1.92. The molecular formula is C23H28FN5O3. The fourth-order valence-electron chi connectivity index (χ4n) is 4.38. The molecule has 170 valence electrons. The third-order valence-electron chi connectivity index (χ3n) is 6.18. The summed E-state index contributed by atoms with van der Waals surface area (Å²) < 4.78 is 18.2. The molecule has 0 spiro atoms. The number of halogens is 1. The number of ether oxygens (including phenoxy) is 1. The Hall–Kier alpha value is -3.07. The SMILES string of the molecule is CNc1cc(C2CC(=O)N(c3ccc(F)cc3)C2)nc(C2CCN(C(=O)COC)CC2)n1. The van der Waals surface area contributed by atoms with E-state index in [0.29, 0.717) is 31.7 Å². The van der Waals surface area contributed by atoms with E-state index in [9.17, 15) is 14.0 Å². The van der Waals surface area contributed by atoms with Crippen molar-refractivity contribution in [2.45, 2.75) is 31.1 Å². The predicted molar refractivity (Wildman–Crippen MR) is 118 cm³/mol. The van der Waals surface area contributed by atoms with Gasteiger partial charge in [0.1, 0.15) is 24.1 Å². The zero-order chi connectivity index (χ0) is 22.7. The number of rotatable bonds is 6. The summed E-state index contributed by atoms with van der Waals surface area (Å²) in [5.74, 6) is 1.23. The molecule has 32 heavy (non-hydrogen) atoms. The van der Waals surface area contributed by atoms with Crippen LogP contribution in [0.5, 0.6) is 0 Å². The topological polar surface area (TPSA) is 87.7 Å². The number of carbonyl (C=O) groups excluding carboxylic acids is 2. The van der Waals surface area contributed by atoms with E-state index in [0.717, 1.165) is 30.2 Å². The second-order valence-electron chi connectivity index (χ2n) is 8.26. The monoisotopic (exact) mass is 441 g/mol. The molecule has 1 aromatic heterocycles. The molecule has 2 fully saturated rings. The van der Waals surface area contributed by atoms with Crippen LogP contribution >= 0.6 is 0 Å². The maximum Gasteiger partial charge on any atom is 0.248 e. The maximum absolute atomic E-state index is 13.3. The largest absolute Gasteiger partial charge is 0.375 e. The van der Waals surface area contributed by atoms with E-state index in [-0.39, 0.29) is 36.1 Å². The van der Waals surface area contributed by atoms with Crippen LogP contribution in [0.2, 0.25) is 0 Å². The standard InChI is InChI=1S/C23H28FN5O3/c1-25-20-12-19(16-11-21(30)29(13-16)18-5-3-17(24)4-6-18)26-23(27-20)15-7-9-28(10-8-15)22(31)14-32-2/h3-6,12,15-16H,7-11,13-14H2,1-2H3,(H,25,26,27). The van der Waals surface area contributed by atoms with Crippen LogP contribution in [-0.2, 0) is 14.3 Å². The number of likely N-dealkylation sites (tertiary alicyclic amines) is 1. The van der Waals surface area contributed by atoms with Gasteiger partial charge in [-0.05, 0) is 37.1 Å². The number of amides is 2.